The van der Waals surface area contributed by atoms with E-state index < -0.39 is 6.04 Å². The fourth-order valence-electron chi connectivity index (χ4n) is 2.12. The van der Waals surface area contributed by atoms with E-state index in [9.17, 15) is 4.79 Å². The van der Waals surface area contributed by atoms with Gasteiger partial charge in [0.2, 0.25) is 5.91 Å². The van der Waals surface area contributed by atoms with Crippen LogP contribution < -0.4 is 11.1 Å². The molecule has 2 atom stereocenters. The molecular weight excluding hydrogens is 343 g/mol. The maximum atomic E-state index is 11.5. The van der Waals surface area contributed by atoms with E-state index >= 15 is 0 Å². The average Bonchev–Trinajstić information content (AvgIpc) is 2.82. The summed E-state index contributed by atoms with van der Waals surface area (Å²) in [6.45, 7) is 1.48. The SMILES string of the molecule is NC(=O)C(NCC1CCCO1)c1cccc(I)c1. The van der Waals surface area contributed by atoms with Gasteiger partial charge >= 0.3 is 0 Å². The molecule has 0 aliphatic carbocycles. The first-order chi connectivity index (χ1) is 8.66. The molecule has 1 amide bonds. The first-order valence-electron chi connectivity index (χ1n) is 6.06. The highest BCUT2D eigenvalue weighted by Crippen LogP contribution is 2.17. The van der Waals surface area contributed by atoms with Crippen LogP contribution in [-0.4, -0.2) is 25.2 Å². The first-order valence-corrected chi connectivity index (χ1v) is 7.14. The molecule has 0 spiro atoms. The van der Waals surface area contributed by atoms with Crippen LogP contribution in [0, 0.1) is 3.57 Å². The van der Waals surface area contributed by atoms with Crippen molar-refractivity contribution in [1.29, 1.82) is 0 Å². The van der Waals surface area contributed by atoms with Crippen LogP contribution in [0.2, 0.25) is 0 Å². The smallest absolute Gasteiger partial charge is 0.239 e. The van der Waals surface area contributed by atoms with Gasteiger partial charge in [0, 0.05) is 16.7 Å². The van der Waals surface area contributed by atoms with E-state index in [-0.39, 0.29) is 12.0 Å². The molecule has 1 fully saturated rings. The fraction of sp³-hybridized carbons (Fsp3) is 0.462. The number of nitrogens with two attached hydrogens (primary N) is 1. The summed E-state index contributed by atoms with van der Waals surface area (Å²) in [5, 5.41) is 3.20. The van der Waals surface area contributed by atoms with E-state index in [0.717, 1.165) is 28.6 Å². The van der Waals surface area contributed by atoms with Crippen molar-refractivity contribution in [3.05, 3.63) is 33.4 Å². The number of hydrogen-bond acceptors (Lipinski definition) is 3. The molecular formula is C13H17IN2O2. The molecule has 1 aromatic rings. The van der Waals surface area contributed by atoms with E-state index in [1.807, 2.05) is 24.3 Å². The molecule has 5 heteroatoms. The normalized spacial score (nSPS) is 20.8. The highest BCUT2D eigenvalue weighted by Gasteiger charge is 2.21. The molecule has 2 unspecified atom stereocenters. The molecule has 0 bridgehead atoms. The van der Waals surface area contributed by atoms with Crippen LogP contribution in [0.15, 0.2) is 24.3 Å². The Morgan fingerprint density at radius 3 is 3.06 bits per heavy atom. The van der Waals surface area contributed by atoms with Gasteiger partial charge in [0.15, 0.2) is 0 Å². The molecule has 2 rings (SSSR count). The van der Waals surface area contributed by atoms with E-state index in [2.05, 4.69) is 27.9 Å². The van der Waals surface area contributed by atoms with Gasteiger partial charge in [-0.25, -0.2) is 0 Å². The number of halogens is 1. The standard InChI is InChI=1S/C13H17IN2O2/c14-10-4-1-3-9(7-10)12(13(15)17)16-8-11-5-2-6-18-11/h1,3-4,7,11-12,16H,2,5-6,8H2,(H2,15,17). The first kappa shape index (κ1) is 13.8. The zero-order valence-electron chi connectivity index (χ0n) is 10.1. The highest BCUT2D eigenvalue weighted by atomic mass is 127. The predicted octanol–water partition coefficient (Wildman–Crippen LogP) is 1.59. The van der Waals surface area contributed by atoms with Gasteiger partial charge < -0.3 is 10.5 Å². The van der Waals surface area contributed by atoms with Gasteiger partial charge in [-0.05, 0) is 53.1 Å². The molecule has 1 heterocycles. The third kappa shape index (κ3) is 3.66. The molecule has 4 nitrogen and oxygen atoms in total. The number of rotatable bonds is 5. The molecule has 3 N–H and O–H groups in total. The summed E-state index contributed by atoms with van der Waals surface area (Å²) in [4.78, 5) is 11.5. The van der Waals surface area contributed by atoms with E-state index in [4.69, 9.17) is 10.5 Å². The number of primary amides is 1. The van der Waals surface area contributed by atoms with Gasteiger partial charge in [0.25, 0.3) is 0 Å². The van der Waals surface area contributed by atoms with Crippen LogP contribution >= 0.6 is 22.6 Å². The van der Waals surface area contributed by atoms with E-state index in [1.54, 1.807) is 0 Å². The largest absolute Gasteiger partial charge is 0.377 e. The summed E-state index contributed by atoms with van der Waals surface area (Å²) in [6, 6.07) is 7.37. The Morgan fingerprint density at radius 2 is 2.44 bits per heavy atom. The average molecular weight is 360 g/mol. The topological polar surface area (TPSA) is 64.4 Å². The second kappa shape index (κ2) is 6.49. The monoisotopic (exact) mass is 360 g/mol. The maximum Gasteiger partial charge on any atom is 0.239 e. The second-order valence-corrected chi connectivity index (χ2v) is 5.68. The van der Waals surface area contributed by atoms with E-state index in [0.29, 0.717) is 6.54 Å². The number of ether oxygens (including phenoxy) is 1. The van der Waals surface area contributed by atoms with Crippen LogP contribution in [0.3, 0.4) is 0 Å². The summed E-state index contributed by atoms with van der Waals surface area (Å²) in [6.07, 6.45) is 2.34. The Kier molecular flexibility index (Phi) is 4.96. The Balaban J connectivity index is 2.01. The van der Waals surface area contributed by atoms with Crippen molar-refractivity contribution >= 4 is 28.5 Å². The third-order valence-corrected chi connectivity index (χ3v) is 3.71. The predicted molar refractivity (Wildman–Crippen MR) is 78.1 cm³/mol. The summed E-state index contributed by atoms with van der Waals surface area (Å²) in [5.41, 5.74) is 6.37. The third-order valence-electron chi connectivity index (χ3n) is 3.04. The summed E-state index contributed by atoms with van der Waals surface area (Å²) in [5.74, 6) is -0.352. The summed E-state index contributed by atoms with van der Waals surface area (Å²) in [7, 11) is 0. The van der Waals surface area contributed by atoms with Crippen molar-refractivity contribution in [2.45, 2.75) is 25.0 Å². The highest BCUT2D eigenvalue weighted by molar-refractivity contribution is 14.1. The fourth-order valence-corrected chi connectivity index (χ4v) is 2.69. The van der Waals surface area contributed by atoms with Crippen LogP contribution in [0.25, 0.3) is 0 Å². The van der Waals surface area contributed by atoms with Crippen molar-refractivity contribution in [1.82, 2.24) is 5.32 Å². The number of nitrogens with one attached hydrogen (secondary N) is 1. The molecule has 1 aromatic carbocycles. The Bertz CT molecular complexity index is 419. The minimum Gasteiger partial charge on any atom is -0.377 e. The maximum absolute atomic E-state index is 11.5. The number of hydrogen-bond donors (Lipinski definition) is 2. The van der Waals surface area contributed by atoms with Crippen LogP contribution in [0.5, 0.6) is 0 Å². The molecule has 0 aromatic heterocycles. The summed E-state index contributed by atoms with van der Waals surface area (Å²) < 4.78 is 6.62. The lowest BCUT2D eigenvalue weighted by Gasteiger charge is -2.18. The number of carbonyl (C=O) groups excluding carboxylic acids is 1. The number of benzene rings is 1. The van der Waals surface area contributed by atoms with Crippen molar-refractivity contribution < 1.29 is 9.53 Å². The minimum atomic E-state index is -0.441. The Labute approximate surface area is 120 Å². The minimum absolute atomic E-state index is 0.203. The zero-order chi connectivity index (χ0) is 13.0. The van der Waals surface area contributed by atoms with Crippen LogP contribution in [0.1, 0.15) is 24.4 Å². The van der Waals surface area contributed by atoms with Gasteiger partial charge in [-0.3, -0.25) is 10.1 Å². The second-order valence-electron chi connectivity index (χ2n) is 4.43. The Morgan fingerprint density at radius 1 is 1.61 bits per heavy atom. The van der Waals surface area contributed by atoms with E-state index in [1.165, 1.54) is 0 Å². The Hall–Kier alpha value is -0.660. The molecule has 1 aliphatic heterocycles. The molecule has 0 radical (unpaired) electrons. The van der Waals surface area contributed by atoms with Gasteiger partial charge in [-0.1, -0.05) is 12.1 Å². The van der Waals surface area contributed by atoms with Crippen LogP contribution in [0.4, 0.5) is 0 Å². The van der Waals surface area contributed by atoms with Gasteiger partial charge in [0.1, 0.15) is 6.04 Å². The molecule has 0 saturated carbocycles. The molecule has 1 saturated heterocycles. The molecule has 18 heavy (non-hydrogen) atoms. The lowest BCUT2D eigenvalue weighted by Crippen LogP contribution is -2.37. The van der Waals surface area contributed by atoms with Crippen molar-refractivity contribution in [2.24, 2.45) is 5.73 Å². The van der Waals surface area contributed by atoms with Crippen molar-refractivity contribution in [2.75, 3.05) is 13.2 Å². The van der Waals surface area contributed by atoms with Crippen molar-refractivity contribution in [3.8, 4) is 0 Å². The van der Waals surface area contributed by atoms with Crippen LogP contribution in [-0.2, 0) is 9.53 Å². The number of amides is 1. The zero-order valence-corrected chi connectivity index (χ0v) is 12.2. The lowest BCUT2D eigenvalue weighted by molar-refractivity contribution is -0.120. The van der Waals surface area contributed by atoms with Gasteiger partial charge in [-0.15, -0.1) is 0 Å². The molecule has 1 aliphatic rings. The quantitative estimate of drug-likeness (QED) is 0.784. The number of carbonyl (C=O) groups is 1. The van der Waals surface area contributed by atoms with Gasteiger partial charge in [0.05, 0.1) is 6.10 Å². The summed E-state index contributed by atoms with van der Waals surface area (Å²) >= 11 is 2.22. The van der Waals surface area contributed by atoms with Crippen molar-refractivity contribution in [3.63, 3.8) is 0 Å². The molecule has 98 valence electrons. The van der Waals surface area contributed by atoms with Gasteiger partial charge in [-0.2, -0.15) is 0 Å². The lowest BCUT2D eigenvalue weighted by atomic mass is 10.1.